The molecule has 1 aliphatic carbocycles. The van der Waals surface area contributed by atoms with E-state index in [2.05, 4.69) is 19.0 Å². The number of Topliss-reactive ketones (excluding diaryl/α,β-unsaturated/α-hetero) is 4. The first kappa shape index (κ1) is 33.8. The highest BCUT2D eigenvalue weighted by atomic mass is 16.5. The van der Waals surface area contributed by atoms with Crippen molar-refractivity contribution in [2.75, 3.05) is 13.2 Å². The molecular weight excluding hydrogens is 506 g/mol. The van der Waals surface area contributed by atoms with E-state index >= 15 is 0 Å². The fourth-order valence-corrected chi connectivity index (χ4v) is 5.05. The third-order valence-corrected chi connectivity index (χ3v) is 6.75. The number of aromatic hydroxyl groups is 1. The number of carbonyl (C=O) groups excluding carboxylic acids is 4. The van der Waals surface area contributed by atoms with Crippen LogP contribution in [0.2, 0.25) is 0 Å². The summed E-state index contributed by atoms with van der Waals surface area (Å²) in [5, 5.41) is 33.3. The molecule has 5 N–H and O–H groups in total. The molecule has 1 aliphatic rings. The number of ketones is 4. The average Bonchev–Trinajstić information content (AvgIpc) is 3.39. The zero-order valence-electron chi connectivity index (χ0n) is 22.9. The molecule has 0 fully saturated rings. The lowest BCUT2D eigenvalue weighted by Crippen LogP contribution is -2.32. The maximum atomic E-state index is 13.0. The van der Waals surface area contributed by atoms with Crippen LogP contribution in [-0.4, -0.2) is 62.3 Å². The van der Waals surface area contributed by atoms with E-state index in [-0.39, 0.29) is 81.0 Å². The van der Waals surface area contributed by atoms with Crippen molar-refractivity contribution in [3.63, 3.8) is 0 Å². The van der Waals surface area contributed by atoms with E-state index in [0.29, 0.717) is 30.4 Å². The summed E-state index contributed by atoms with van der Waals surface area (Å²) in [5.74, 6) is -2.51. The second-order valence-corrected chi connectivity index (χ2v) is 9.98. The molecule has 1 heterocycles. The number of aryl methyl sites for hydroxylation is 1. The molecule has 10 nitrogen and oxygen atoms in total. The molecule has 39 heavy (non-hydrogen) atoms. The van der Waals surface area contributed by atoms with Crippen molar-refractivity contribution < 1.29 is 47.4 Å². The molecule has 0 saturated heterocycles. The van der Waals surface area contributed by atoms with Crippen LogP contribution in [0.4, 0.5) is 0 Å². The van der Waals surface area contributed by atoms with Crippen LogP contribution in [0.15, 0.2) is 29.1 Å². The molecule has 0 spiro atoms. The Balaban J connectivity index is 0. The molecule has 1 aromatic heterocycles. The molecule has 0 saturated carbocycles. The van der Waals surface area contributed by atoms with Crippen LogP contribution in [0.25, 0.3) is 0 Å². The van der Waals surface area contributed by atoms with Crippen molar-refractivity contribution in [3.8, 4) is 5.75 Å². The Hall–Kier alpha value is -3.21. The minimum absolute atomic E-state index is 0. The van der Waals surface area contributed by atoms with Gasteiger partial charge in [0.2, 0.25) is 0 Å². The average molecular weight is 552 g/mol. The van der Waals surface area contributed by atoms with Crippen molar-refractivity contribution in [3.05, 3.63) is 46.8 Å². The number of phenolic OH excluding ortho intramolecular Hbond substituents is 1. The zero-order chi connectivity index (χ0) is 28.2. The molecule has 0 aliphatic heterocycles. The maximum absolute atomic E-state index is 13.0. The van der Waals surface area contributed by atoms with Gasteiger partial charge in [-0.05, 0) is 61.6 Å². The number of hydrogen-bond donors (Lipinski definition) is 3. The molecule has 2 aromatic rings. The SMILES string of the molecule is CC(=O)CC(=O)C(CO)C(CCO)CC1CC(=O)c2c(O)ccc(CCC(=O)c3cnoc3)c2C1.CCC.O.[HH].[HH]. The van der Waals surface area contributed by atoms with Crippen LogP contribution >= 0.6 is 0 Å². The largest absolute Gasteiger partial charge is 0.507 e. The second kappa shape index (κ2) is 16.7. The molecule has 0 radical (unpaired) electrons. The number of phenols is 1. The Morgan fingerprint density at radius 2 is 1.87 bits per heavy atom. The van der Waals surface area contributed by atoms with Crippen LogP contribution in [0.1, 0.15) is 94.0 Å². The minimum atomic E-state index is -0.799. The van der Waals surface area contributed by atoms with Gasteiger partial charge in [-0.25, -0.2) is 0 Å². The molecule has 0 bridgehead atoms. The second-order valence-electron chi connectivity index (χ2n) is 9.98. The molecule has 1 aromatic carbocycles. The number of carbonyl (C=O) groups is 4. The third kappa shape index (κ3) is 9.49. The summed E-state index contributed by atoms with van der Waals surface area (Å²) in [6, 6.07) is 3.18. The third-order valence-electron chi connectivity index (χ3n) is 6.75. The summed E-state index contributed by atoms with van der Waals surface area (Å²) in [5.41, 5.74) is 2.10. The number of rotatable bonds is 13. The topological polar surface area (TPSA) is 186 Å². The van der Waals surface area contributed by atoms with Crippen LogP contribution in [0.5, 0.6) is 5.75 Å². The number of aliphatic hydroxyl groups excluding tert-OH is 2. The summed E-state index contributed by atoms with van der Waals surface area (Å²) in [4.78, 5) is 49.4. The smallest absolute Gasteiger partial charge is 0.168 e. The molecular formula is C29H45NO9. The predicted molar refractivity (Wildman–Crippen MR) is 148 cm³/mol. The zero-order valence-corrected chi connectivity index (χ0v) is 22.9. The van der Waals surface area contributed by atoms with Gasteiger partial charge in [0.15, 0.2) is 11.6 Å². The molecule has 0 amide bonds. The Bertz CT molecular complexity index is 1110. The van der Waals surface area contributed by atoms with Crippen molar-refractivity contribution in [2.45, 2.75) is 72.1 Å². The van der Waals surface area contributed by atoms with E-state index in [1.54, 1.807) is 6.07 Å². The quantitative estimate of drug-likeness (QED) is 0.247. The van der Waals surface area contributed by atoms with Crippen molar-refractivity contribution in [1.82, 2.24) is 5.16 Å². The summed E-state index contributed by atoms with van der Waals surface area (Å²) in [6.07, 6.45) is 5.40. The fraction of sp³-hybridized carbons (Fsp3) is 0.552. The Labute approximate surface area is 231 Å². The standard InChI is InChI=1S/C26H31NO8.C3H8.H2O.2H2/c1-15(30)8-24(33)21(13-29)18(6-7-28)9-16-10-20-17(2-4-22(31)19-12-27-35-14-19)3-5-23(32)26(20)25(34)11-16;1-3-2;;;/h3,5,12,14,16,18,21,28-29,32H,2,4,6-11,13H2,1H3;3H2,1-2H3;1H2;2*1H. The number of aliphatic hydroxyl groups is 2. The normalized spacial score (nSPS) is 15.7. The molecule has 3 atom stereocenters. The van der Waals surface area contributed by atoms with Gasteiger partial charge in [0.25, 0.3) is 0 Å². The van der Waals surface area contributed by atoms with Crippen LogP contribution in [0, 0.1) is 17.8 Å². The fourth-order valence-electron chi connectivity index (χ4n) is 5.05. The summed E-state index contributed by atoms with van der Waals surface area (Å²) in [7, 11) is 0. The summed E-state index contributed by atoms with van der Waals surface area (Å²) < 4.78 is 4.72. The van der Waals surface area contributed by atoms with Crippen LogP contribution in [-0.2, 0) is 22.4 Å². The van der Waals surface area contributed by atoms with Gasteiger partial charge in [0.05, 0.1) is 30.4 Å². The van der Waals surface area contributed by atoms with E-state index < -0.39 is 18.4 Å². The minimum Gasteiger partial charge on any atom is -0.507 e. The molecule has 10 heteroatoms. The summed E-state index contributed by atoms with van der Waals surface area (Å²) in [6.45, 7) is 4.93. The first-order valence-corrected chi connectivity index (χ1v) is 13.2. The van der Waals surface area contributed by atoms with Gasteiger partial charge in [0, 0.05) is 28.2 Å². The van der Waals surface area contributed by atoms with E-state index in [9.17, 15) is 34.5 Å². The number of nitrogens with zero attached hydrogens (tertiary/aromatic N) is 1. The first-order valence-electron chi connectivity index (χ1n) is 13.2. The number of benzene rings is 1. The highest BCUT2D eigenvalue weighted by Crippen LogP contribution is 2.38. The van der Waals surface area contributed by atoms with Crippen LogP contribution in [0.3, 0.4) is 0 Å². The Morgan fingerprint density at radius 3 is 2.44 bits per heavy atom. The maximum Gasteiger partial charge on any atom is 0.168 e. The van der Waals surface area contributed by atoms with Crippen molar-refractivity contribution in [1.29, 1.82) is 0 Å². The van der Waals surface area contributed by atoms with E-state index in [1.807, 2.05) is 0 Å². The van der Waals surface area contributed by atoms with Crippen LogP contribution < -0.4 is 0 Å². The van der Waals surface area contributed by atoms with E-state index in [1.165, 1.54) is 31.9 Å². The summed E-state index contributed by atoms with van der Waals surface area (Å²) >= 11 is 0. The molecule has 220 valence electrons. The lowest BCUT2D eigenvalue weighted by molar-refractivity contribution is -0.131. The predicted octanol–water partition coefficient (Wildman–Crippen LogP) is 3.57. The Morgan fingerprint density at radius 1 is 1.18 bits per heavy atom. The molecule has 3 rings (SSSR count). The lowest BCUT2D eigenvalue weighted by atomic mass is 9.72. The highest BCUT2D eigenvalue weighted by Gasteiger charge is 2.34. The van der Waals surface area contributed by atoms with Gasteiger partial charge in [-0.1, -0.05) is 31.5 Å². The number of aromatic nitrogens is 1. The molecule has 3 unspecified atom stereocenters. The van der Waals surface area contributed by atoms with Gasteiger partial charge < -0.3 is 25.3 Å². The van der Waals surface area contributed by atoms with Gasteiger partial charge >= 0.3 is 0 Å². The van der Waals surface area contributed by atoms with Gasteiger partial charge in [0.1, 0.15) is 23.6 Å². The van der Waals surface area contributed by atoms with Gasteiger partial charge in [-0.2, -0.15) is 0 Å². The van der Waals surface area contributed by atoms with Gasteiger partial charge in [-0.15, -0.1) is 0 Å². The Kier molecular flexibility index (Phi) is 14.5. The van der Waals surface area contributed by atoms with E-state index in [0.717, 1.165) is 5.56 Å². The number of hydrogen-bond acceptors (Lipinski definition) is 9. The monoisotopic (exact) mass is 551 g/mol. The van der Waals surface area contributed by atoms with Crippen molar-refractivity contribution >= 4 is 23.1 Å². The first-order chi connectivity index (χ1) is 18.2. The van der Waals surface area contributed by atoms with Gasteiger partial charge in [-0.3, -0.25) is 19.2 Å². The highest BCUT2D eigenvalue weighted by molar-refractivity contribution is 6.02. The lowest BCUT2D eigenvalue weighted by Gasteiger charge is -2.31. The van der Waals surface area contributed by atoms with Crippen molar-refractivity contribution in [2.24, 2.45) is 17.8 Å². The number of fused-ring (bicyclic) bond motifs is 1. The van der Waals surface area contributed by atoms with E-state index in [4.69, 9.17) is 4.52 Å².